The summed E-state index contributed by atoms with van der Waals surface area (Å²) in [6.45, 7) is 11.3. The number of nitrogens with two attached hydrogens (primary N) is 1. The molecule has 33 heavy (non-hydrogen) atoms. The Hall–Kier alpha value is -1.66. The Balaban J connectivity index is 2.20. The summed E-state index contributed by atoms with van der Waals surface area (Å²) in [6, 6.07) is 5.96. The Morgan fingerprint density at radius 3 is 2.55 bits per heavy atom. The molecule has 0 saturated carbocycles. The van der Waals surface area contributed by atoms with Crippen LogP contribution in [-0.4, -0.2) is 66.5 Å². The molecule has 11 heteroatoms. The number of likely N-dealkylation sites (tertiary alicyclic amines) is 1. The molecule has 1 amide bonds. The molecule has 186 valence electrons. The third-order valence-corrected chi connectivity index (χ3v) is 7.97. The lowest BCUT2D eigenvalue weighted by molar-refractivity contribution is -0.384. The van der Waals surface area contributed by atoms with Gasteiger partial charge in [-0.05, 0) is 42.1 Å². The minimum atomic E-state index is -1.54. The van der Waals surface area contributed by atoms with Gasteiger partial charge in [0.05, 0.1) is 11.0 Å². The van der Waals surface area contributed by atoms with E-state index >= 15 is 0 Å². The van der Waals surface area contributed by atoms with Crippen molar-refractivity contribution in [1.82, 2.24) is 4.90 Å². The van der Waals surface area contributed by atoms with Crippen LogP contribution in [0.1, 0.15) is 32.8 Å². The molecule has 3 atom stereocenters. The number of hydrogen-bond donors (Lipinski definition) is 2. The van der Waals surface area contributed by atoms with E-state index in [2.05, 4.69) is 33.9 Å². The van der Waals surface area contributed by atoms with Crippen LogP contribution in [0.3, 0.4) is 0 Å². The summed E-state index contributed by atoms with van der Waals surface area (Å²) in [5.74, 6) is 1.21. The summed E-state index contributed by atoms with van der Waals surface area (Å²) in [5.41, 5.74) is 5.38. The van der Waals surface area contributed by atoms with Crippen molar-refractivity contribution in [1.29, 1.82) is 0 Å². The van der Waals surface area contributed by atoms with Gasteiger partial charge in [-0.15, -0.1) is 0 Å². The van der Waals surface area contributed by atoms with Gasteiger partial charge in [-0.2, -0.15) is 11.8 Å². The number of non-ortho nitro benzene ring substituents is 1. The van der Waals surface area contributed by atoms with E-state index in [9.17, 15) is 20.0 Å². The SMILES string of the molecule is C[SiH](C)O[C@]1(CSCC(O)CN)C[C@H](C(C)(C)C)CN1C(=O)OCc1ccc([N+](=O)[O-])cc1. The van der Waals surface area contributed by atoms with Gasteiger partial charge in [0.25, 0.3) is 5.69 Å². The van der Waals surface area contributed by atoms with Crippen LogP contribution in [-0.2, 0) is 15.8 Å². The summed E-state index contributed by atoms with van der Waals surface area (Å²) >= 11 is 1.53. The summed E-state index contributed by atoms with van der Waals surface area (Å²) in [4.78, 5) is 25.4. The smallest absolute Gasteiger partial charge is 0.412 e. The predicted octanol–water partition coefficient (Wildman–Crippen LogP) is 3.35. The Morgan fingerprint density at radius 2 is 2.03 bits per heavy atom. The molecule has 1 aromatic rings. The minimum Gasteiger partial charge on any atom is -0.444 e. The van der Waals surface area contributed by atoms with Crippen molar-refractivity contribution < 1.29 is 24.0 Å². The van der Waals surface area contributed by atoms with Gasteiger partial charge in [-0.1, -0.05) is 20.8 Å². The van der Waals surface area contributed by atoms with Crippen LogP contribution in [0.15, 0.2) is 24.3 Å². The predicted molar refractivity (Wildman–Crippen MR) is 133 cm³/mol. The maximum Gasteiger partial charge on any atom is 0.412 e. The fourth-order valence-corrected chi connectivity index (χ4v) is 6.34. The summed E-state index contributed by atoms with van der Waals surface area (Å²) in [7, 11) is -1.54. The molecule has 3 N–H and O–H groups in total. The number of carbonyl (C=O) groups excluding carboxylic acids is 1. The van der Waals surface area contributed by atoms with Crippen LogP contribution in [0.25, 0.3) is 0 Å². The Bertz CT molecular complexity index is 804. The maximum atomic E-state index is 13.3. The number of hydrogen-bond acceptors (Lipinski definition) is 8. The zero-order valence-electron chi connectivity index (χ0n) is 20.2. The average Bonchev–Trinajstić information content (AvgIpc) is 3.11. The van der Waals surface area contributed by atoms with Crippen LogP contribution >= 0.6 is 11.8 Å². The molecule has 0 spiro atoms. The number of aliphatic hydroxyl groups is 1. The van der Waals surface area contributed by atoms with Gasteiger partial charge >= 0.3 is 6.09 Å². The highest BCUT2D eigenvalue weighted by Crippen LogP contribution is 2.45. The number of thioether (sulfide) groups is 1. The average molecular weight is 500 g/mol. The van der Waals surface area contributed by atoms with Crippen LogP contribution in [0.2, 0.25) is 13.1 Å². The molecule has 0 aliphatic carbocycles. The number of rotatable bonds is 10. The van der Waals surface area contributed by atoms with Crippen LogP contribution < -0.4 is 5.73 Å². The van der Waals surface area contributed by atoms with Crippen molar-refractivity contribution in [2.24, 2.45) is 17.1 Å². The normalized spacial score (nSPS) is 21.9. The van der Waals surface area contributed by atoms with Crippen LogP contribution in [0, 0.1) is 21.4 Å². The van der Waals surface area contributed by atoms with Crippen molar-refractivity contribution in [2.45, 2.75) is 58.7 Å². The molecule has 0 bridgehead atoms. The second kappa shape index (κ2) is 11.7. The molecule has 9 nitrogen and oxygen atoms in total. The van der Waals surface area contributed by atoms with E-state index in [1.165, 1.54) is 23.9 Å². The number of nitro benzene ring substituents is 1. The molecule has 1 aliphatic rings. The standard InChI is InChI=1S/C22H37N3O6SSi/c1-21(2,3)17-10-22(31-33(4)5,15-32-14-19(26)11-23)24(12-17)20(27)30-13-16-6-8-18(9-7-16)25(28)29/h6-9,17,19,26,33H,10-15,23H2,1-5H3/t17-,19?,22-/m0/s1. The molecule has 1 unspecified atom stereocenters. The molecule has 1 aliphatic heterocycles. The first-order valence-electron chi connectivity index (χ1n) is 11.2. The molecule has 1 aromatic carbocycles. The van der Waals surface area contributed by atoms with Crippen LogP contribution in [0.5, 0.6) is 0 Å². The monoisotopic (exact) mass is 499 g/mol. The minimum absolute atomic E-state index is 0.0105. The topological polar surface area (TPSA) is 128 Å². The van der Waals surface area contributed by atoms with Gasteiger partial charge in [0.1, 0.15) is 12.3 Å². The molecule has 1 saturated heterocycles. The van der Waals surface area contributed by atoms with Gasteiger partial charge in [0, 0.05) is 43.1 Å². The highest BCUT2D eigenvalue weighted by Gasteiger charge is 2.52. The second-order valence-electron chi connectivity index (χ2n) is 9.87. The second-order valence-corrected chi connectivity index (χ2v) is 13.2. The molecular weight excluding hydrogens is 462 g/mol. The maximum absolute atomic E-state index is 13.3. The number of aliphatic hydroxyl groups excluding tert-OH is 1. The summed E-state index contributed by atoms with van der Waals surface area (Å²) in [6.07, 6.45) is -0.375. The zero-order valence-corrected chi connectivity index (χ0v) is 22.1. The van der Waals surface area contributed by atoms with E-state index in [1.54, 1.807) is 17.0 Å². The van der Waals surface area contributed by atoms with E-state index in [-0.39, 0.29) is 30.2 Å². The Kier molecular flexibility index (Phi) is 9.74. The summed E-state index contributed by atoms with van der Waals surface area (Å²) < 4.78 is 12.2. The molecule has 2 rings (SSSR count). The molecule has 1 fully saturated rings. The lowest BCUT2D eigenvalue weighted by Crippen LogP contribution is -2.53. The van der Waals surface area contributed by atoms with E-state index in [0.717, 1.165) is 0 Å². The van der Waals surface area contributed by atoms with Crippen LogP contribution in [0.4, 0.5) is 10.5 Å². The fourth-order valence-electron chi connectivity index (χ4n) is 3.85. The number of amides is 1. The van der Waals surface area contributed by atoms with E-state index in [4.69, 9.17) is 14.9 Å². The van der Waals surface area contributed by atoms with E-state index in [0.29, 0.717) is 30.0 Å². The lowest BCUT2D eigenvalue weighted by Gasteiger charge is -2.39. The van der Waals surface area contributed by atoms with Gasteiger partial charge in [-0.25, -0.2) is 4.79 Å². The quantitative estimate of drug-likeness (QED) is 0.285. The number of ether oxygens (including phenoxy) is 1. The van der Waals surface area contributed by atoms with E-state index in [1.807, 2.05) is 0 Å². The molecular formula is C22H37N3O6SSi. The first kappa shape index (κ1) is 27.6. The first-order chi connectivity index (χ1) is 15.4. The van der Waals surface area contributed by atoms with Gasteiger partial charge in [-0.3, -0.25) is 15.0 Å². The van der Waals surface area contributed by atoms with Crippen molar-refractivity contribution in [2.75, 3.05) is 24.6 Å². The molecule has 0 radical (unpaired) electrons. The van der Waals surface area contributed by atoms with Crippen molar-refractivity contribution in [3.05, 3.63) is 39.9 Å². The number of nitrogens with zero attached hydrogens (tertiary/aromatic N) is 2. The van der Waals surface area contributed by atoms with Gasteiger partial charge < -0.3 is 20.0 Å². The third kappa shape index (κ3) is 7.68. The van der Waals surface area contributed by atoms with E-state index < -0.39 is 31.9 Å². The largest absolute Gasteiger partial charge is 0.444 e. The zero-order chi connectivity index (χ0) is 24.8. The van der Waals surface area contributed by atoms with Crippen molar-refractivity contribution >= 4 is 32.6 Å². The van der Waals surface area contributed by atoms with Crippen molar-refractivity contribution in [3.63, 3.8) is 0 Å². The number of benzene rings is 1. The Labute approximate surface area is 201 Å². The molecule has 1 heterocycles. The van der Waals surface area contributed by atoms with Crippen molar-refractivity contribution in [3.8, 4) is 0 Å². The highest BCUT2D eigenvalue weighted by molar-refractivity contribution is 7.99. The Morgan fingerprint density at radius 1 is 1.39 bits per heavy atom. The summed E-state index contributed by atoms with van der Waals surface area (Å²) in [5, 5.41) is 20.7. The fraction of sp³-hybridized carbons (Fsp3) is 0.682. The highest BCUT2D eigenvalue weighted by atomic mass is 32.2. The number of carbonyl (C=O) groups is 1. The number of nitro groups is 1. The first-order valence-corrected chi connectivity index (χ1v) is 15.1. The third-order valence-electron chi connectivity index (χ3n) is 5.78. The van der Waals surface area contributed by atoms with Gasteiger partial charge in [0.2, 0.25) is 0 Å². The molecule has 0 aromatic heterocycles. The lowest BCUT2D eigenvalue weighted by atomic mass is 9.79. The van der Waals surface area contributed by atoms with Gasteiger partial charge in [0.15, 0.2) is 9.04 Å².